The molecule has 1 aliphatic heterocycles. The van der Waals surface area contributed by atoms with Gasteiger partial charge in [0, 0.05) is 4.88 Å². The molecule has 0 fully saturated rings. The lowest BCUT2D eigenvalue weighted by Crippen LogP contribution is -2.60. The van der Waals surface area contributed by atoms with E-state index in [4.69, 9.17) is 12.6 Å². The topological polar surface area (TPSA) is 105 Å². The van der Waals surface area contributed by atoms with Crippen molar-refractivity contribution < 1.29 is 36.8 Å². The molecule has 0 bridgehead atoms. The second kappa shape index (κ2) is 7.49. The summed E-state index contributed by atoms with van der Waals surface area (Å²) in [6.07, 6.45) is 3.57. The largest absolute Gasteiger partial charge is 0.461 e. The molecule has 0 radical (unpaired) electrons. The van der Waals surface area contributed by atoms with Crippen LogP contribution in [0.4, 0.5) is 0 Å². The lowest BCUT2D eigenvalue weighted by molar-refractivity contribution is -1.91. The zero-order valence-corrected chi connectivity index (χ0v) is 17.2. The van der Waals surface area contributed by atoms with E-state index < -0.39 is 21.0 Å². The molecule has 4 heterocycles. The van der Waals surface area contributed by atoms with Crippen LogP contribution in [-0.4, -0.2) is 4.86 Å². The van der Waals surface area contributed by atoms with E-state index in [1.165, 1.54) is 0 Å². The lowest BCUT2D eigenvalue weighted by Gasteiger charge is -2.19. The van der Waals surface area contributed by atoms with Gasteiger partial charge in [-0.25, -0.2) is 0 Å². The van der Waals surface area contributed by atoms with Crippen LogP contribution in [0.15, 0.2) is 62.8 Å². The first-order valence-electron chi connectivity index (χ1n) is 8.13. The highest BCUT2D eigenvalue weighted by molar-refractivity contribution is 8.20. The molecular formula is C19H15ClO6S2. The minimum Gasteiger partial charge on any atom is -0.461 e. The first-order valence-corrected chi connectivity index (χ1v) is 11.4. The van der Waals surface area contributed by atoms with Gasteiger partial charge in [-0.05, 0) is 67.3 Å². The molecule has 0 saturated carbocycles. The van der Waals surface area contributed by atoms with Crippen molar-refractivity contribution in [2.45, 2.75) is 13.8 Å². The lowest BCUT2D eigenvalue weighted by atomic mass is 10.1. The van der Waals surface area contributed by atoms with Crippen molar-refractivity contribution in [3.05, 3.63) is 81.8 Å². The van der Waals surface area contributed by atoms with Crippen molar-refractivity contribution in [3.63, 3.8) is 0 Å². The molecule has 146 valence electrons. The van der Waals surface area contributed by atoms with Crippen LogP contribution in [0.5, 0.6) is 0 Å². The third-order valence-corrected chi connectivity index (χ3v) is 7.36. The van der Waals surface area contributed by atoms with Crippen LogP contribution in [0.1, 0.15) is 27.9 Å². The van der Waals surface area contributed by atoms with Gasteiger partial charge in [0.2, 0.25) is 0 Å². The molecule has 0 aliphatic carbocycles. The average Bonchev–Trinajstić information content (AvgIpc) is 3.35. The Labute approximate surface area is 169 Å². The van der Waals surface area contributed by atoms with Crippen LogP contribution in [0.2, 0.25) is 0 Å². The summed E-state index contributed by atoms with van der Waals surface area (Å²) >= 11 is 1.54. The van der Waals surface area contributed by atoms with Gasteiger partial charge in [0.25, 0.3) is 0 Å². The Morgan fingerprint density at radius 2 is 1.61 bits per heavy atom. The SMILES string of the molecule is Cc1ccc(C2=CC(c3cccs3)=CC(c3ccc(C)o3)=S2O[Cl+3]([O-])([O-])[O-])o1. The average molecular weight is 439 g/mol. The van der Waals surface area contributed by atoms with Gasteiger partial charge in [-0.3, -0.25) is 0 Å². The first kappa shape index (κ1) is 19.4. The predicted molar refractivity (Wildman–Crippen MR) is 99.9 cm³/mol. The normalized spacial score (nSPS) is 17.6. The maximum atomic E-state index is 11.5. The summed E-state index contributed by atoms with van der Waals surface area (Å²) in [7, 11) is -6.21. The highest BCUT2D eigenvalue weighted by Gasteiger charge is 2.34. The molecule has 6 nitrogen and oxygen atoms in total. The molecule has 0 amide bonds. The summed E-state index contributed by atoms with van der Waals surface area (Å²) in [5, 5.41) is 1.95. The Kier molecular flexibility index (Phi) is 5.19. The van der Waals surface area contributed by atoms with Gasteiger partial charge in [0.1, 0.15) is 26.8 Å². The zero-order valence-electron chi connectivity index (χ0n) is 14.8. The van der Waals surface area contributed by atoms with Crippen molar-refractivity contribution >= 4 is 37.4 Å². The van der Waals surface area contributed by atoms with E-state index in [0.717, 1.165) is 10.5 Å². The summed E-state index contributed by atoms with van der Waals surface area (Å²) in [6, 6.07) is 10.9. The van der Waals surface area contributed by atoms with Crippen molar-refractivity contribution in [1.29, 1.82) is 0 Å². The van der Waals surface area contributed by atoms with E-state index in [1.807, 2.05) is 17.5 Å². The van der Waals surface area contributed by atoms with Crippen molar-refractivity contribution in [3.8, 4) is 0 Å². The third-order valence-electron chi connectivity index (χ3n) is 3.88. The summed E-state index contributed by atoms with van der Waals surface area (Å²) < 4.78 is 50.7. The van der Waals surface area contributed by atoms with E-state index in [0.29, 0.717) is 32.8 Å². The van der Waals surface area contributed by atoms with Gasteiger partial charge in [-0.1, -0.05) is 6.07 Å². The van der Waals surface area contributed by atoms with Gasteiger partial charge in [0.15, 0.2) is 10.8 Å². The summed E-state index contributed by atoms with van der Waals surface area (Å²) in [6.45, 7) is 3.57. The van der Waals surface area contributed by atoms with Gasteiger partial charge >= 0.3 is 0 Å². The summed E-state index contributed by atoms with van der Waals surface area (Å²) in [4.78, 5) is 1.89. The molecule has 4 rings (SSSR count). The quantitative estimate of drug-likeness (QED) is 0.566. The number of halogens is 1. The minimum absolute atomic E-state index is 0.433. The van der Waals surface area contributed by atoms with Crippen LogP contribution in [-0.2, 0) is 3.74 Å². The van der Waals surface area contributed by atoms with Gasteiger partial charge in [0.05, 0.1) is 20.0 Å². The molecule has 3 aromatic rings. The molecule has 0 saturated heterocycles. The predicted octanol–water partition coefficient (Wildman–Crippen LogP) is 2.31. The van der Waals surface area contributed by atoms with Crippen LogP contribution < -0.4 is 14.0 Å². The van der Waals surface area contributed by atoms with Crippen molar-refractivity contribution in [2.75, 3.05) is 0 Å². The Balaban J connectivity index is 1.97. The Morgan fingerprint density at radius 3 is 2.14 bits per heavy atom. The molecule has 9 heteroatoms. The Hall–Kier alpha value is -1.91. The zero-order chi connectivity index (χ0) is 19.9. The van der Waals surface area contributed by atoms with Crippen LogP contribution >= 0.6 is 22.1 Å². The standard InChI is InChI=1S/C19H15ClO6S2/c1-12-5-7-15(24-12)18-10-14(17-4-3-9-27-17)11-19(16-8-6-13(2)25-16)28(18)26-20(21,22)23/h3-11H,1-2H3. The maximum absolute atomic E-state index is 11.5. The van der Waals surface area contributed by atoms with E-state index in [9.17, 15) is 14.0 Å². The second-order valence-corrected chi connectivity index (χ2v) is 9.60. The molecule has 3 aromatic heterocycles. The molecule has 1 atom stereocenters. The molecule has 28 heavy (non-hydrogen) atoms. The van der Waals surface area contributed by atoms with E-state index in [-0.39, 0.29) is 0 Å². The molecule has 0 spiro atoms. The first-order chi connectivity index (χ1) is 13.3. The minimum atomic E-state index is -4.67. The fraction of sp³-hybridized carbons (Fsp3) is 0.105. The van der Waals surface area contributed by atoms with E-state index in [2.05, 4.69) is 0 Å². The van der Waals surface area contributed by atoms with Crippen LogP contribution in [0.25, 0.3) is 10.5 Å². The highest BCUT2D eigenvalue weighted by atomic mass is 35.7. The van der Waals surface area contributed by atoms with Crippen molar-refractivity contribution in [2.24, 2.45) is 0 Å². The summed E-state index contributed by atoms with van der Waals surface area (Å²) in [5.74, 6) is 2.18. The van der Waals surface area contributed by atoms with Gasteiger partial charge in [-0.15, -0.1) is 11.3 Å². The number of thiophene rings is 1. The number of allylic oxidation sites excluding steroid dienone is 3. The number of furan rings is 2. The molecular weight excluding hydrogens is 424 g/mol. The van der Waals surface area contributed by atoms with E-state index >= 15 is 0 Å². The number of aryl methyl sites for hydroxylation is 2. The van der Waals surface area contributed by atoms with E-state index in [1.54, 1.807) is 61.6 Å². The fourth-order valence-electron chi connectivity index (χ4n) is 2.74. The molecule has 1 unspecified atom stereocenters. The molecule has 1 aliphatic rings. The number of hydrogen-bond donors (Lipinski definition) is 0. The fourth-order valence-corrected chi connectivity index (χ4v) is 5.90. The van der Waals surface area contributed by atoms with Crippen LogP contribution in [0.3, 0.4) is 0 Å². The number of hydrogen-bond acceptors (Lipinski definition) is 7. The third kappa shape index (κ3) is 4.08. The second-order valence-electron chi connectivity index (χ2n) is 5.98. The van der Waals surface area contributed by atoms with Gasteiger partial charge < -0.3 is 8.83 Å². The molecule has 0 N–H and O–H groups in total. The number of rotatable bonds is 5. The van der Waals surface area contributed by atoms with Crippen LogP contribution in [0, 0.1) is 24.1 Å². The highest BCUT2D eigenvalue weighted by Crippen LogP contribution is 2.45. The summed E-state index contributed by atoms with van der Waals surface area (Å²) in [5.41, 5.74) is 0.843. The Morgan fingerprint density at radius 1 is 0.929 bits per heavy atom. The maximum Gasteiger partial charge on any atom is 0.154 e. The van der Waals surface area contributed by atoms with Crippen molar-refractivity contribution in [1.82, 2.24) is 0 Å². The monoisotopic (exact) mass is 438 g/mol. The molecule has 0 aromatic carbocycles. The Bertz CT molecular complexity index is 1100. The smallest absolute Gasteiger partial charge is 0.154 e. The van der Waals surface area contributed by atoms with Gasteiger partial charge in [-0.2, -0.15) is 14.0 Å².